The van der Waals surface area contributed by atoms with Crippen molar-refractivity contribution in [2.24, 2.45) is 0 Å². The Morgan fingerprint density at radius 1 is 1.07 bits per heavy atom. The van der Waals surface area contributed by atoms with Crippen LogP contribution in [0.5, 0.6) is 0 Å². The molecule has 8 heteroatoms. The topological polar surface area (TPSA) is 86.7 Å². The van der Waals surface area contributed by atoms with Crippen LogP contribution in [0.4, 0.5) is 11.4 Å². The third-order valence-electron chi connectivity index (χ3n) is 4.86. The molecule has 2 N–H and O–H groups in total. The number of hydrogen-bond acceptors (Lipinski definition) is 5. The maximum Gasteiger partial charge on any atom is 0.337 e. The Balaban J connectivity index is 1.87. The van der Waals surface area contributed by atoms with E-state index in [0.29, 0.717) is 5.69 Å². The molecule has 0 unspecified atom stereocenters. The van der Waals surface area contributed by atoms with Gasteiger partial charge in [-0.1, -0.05) is 32.9 Å². The Hall–Kier alpha value is -2.19. The molecule has 2 aromatic rings. The molecule has 0 atom stereocenters. The molecule has 0 amide bonds. The minimum Gasteiger partial charge on any atom is -0.478 e. The summed E-state index contributed by atoms with van der Waals surface area (Å²) < 4.78 is 28.0. The highest BCUT2D eigenvalue weighted by Crippen LogP contribution is 2.29. The fraction of sp³-hybridized carbons (Fsp3) is 0.381. The summed E-state index contributed by atoms with van der Waals surface area (Å²) in [6.45, 7) is 7.73. The minimum absolute atomic E-state index is 0.0745. The van der Waals surface area contributed by atoms with Gasteiger partial charge in [0.05, 0.1) is 16.1 Å². The molecular formula is C21H26N2O4S2. The SMILES string of the molecule is CC(C)(C)c1ccc(S(=O)(=O)Nc2ccc(N3CCSCC3)c(C(=O)O)c2)cc1. The lowest BCUT2D eigenvalue weighted by Gasteiger charge is -2.29. The van der Waals surface area contributed by atoms with E-state index in [0.717, 1.165) is 30.2 Å². The highest BCUT2D eigenvalue weighted by atomic mass is 32.2. The zero-order valence-electron chi connectivity index (χ0n) is 16.8. The number of aromatic carboxylic acids is 1. The van der Waals surface area contributed by atoms with Crippen LogP contribution in [0.3, 0.4) is 0 Å². The molecule has 156 valence electrons. The van der Waals surface area contributed by atoms with Crippen LogP contribution in [-0.2, 0) is 15.4 Å². The van der Waals surface area contributed by atoms with Crippen molar-refractivity contribution in [3.63, 3.8) is 0 Å². The average Bonchev–Trinajstić information content (AvgIpc) is 2.68. The monoisotopic (exact) mass is 434 g/mol. The molecule has 3 rings (SSSR count). The lowest BCUT2D eigenvalue weighted by atomic mass is 9.87. The van der Waals surface area contributed by atoms with E-state index in [1.165, 1.54) is 6.07 Å². The Morgan fingerprint density at radius 2 is 1.69 bits per heavy atom. The number of rotatable bonds is 5. The van der Waals surface area contributed by atoms with Gasteiger partial charge >= 0.3 is 5.97 Å². The van der Waals surface area contributed by atoms with Crippen molar-refractivity contribution in [1.82, 2.24) is 0 Å². The molecule has 0 radical (unpaired) electrons. The van der Waals surface area contributed by atoms with Crippen LogP contribution in [0, 0.1) is 0 Å². The maximum absolute atomic E-state index is 12.8. The van der Waals surface area contributed by atoms with E-state index in [9.17, 15) is 18.3 Å². The van der Waals surface area contributed by atoms with E-state index in [1.54, 1.807) is 36.4 Å². The molecule has 2 aromatic carbocycles. The number of carbonyl (C=O) groups is 1. The standard InChI is InChI=1S/C21H26N2O4S2/c1-21(2,3)15-4-7-17(8-5-15)29(26,27)22-16-6-9-19(18(14-16)20(24)25)23-10-12-28-13-11-23/h4-9,14,22H,10-13H2,1-3H3,(H,24,25). The third kappa shape index (κ3) is 5.05. The highest BCUT2D eigenvalue weighted by molar-refractivity contribution is 7.99. The van der Waals surface area contributed by atoms with Crippen LogP contribution in [0.2, 0.25) is 0 Å². The molecule has 1 heterocycles. The summed E-state index contributed by atoms with van der Waals surface area (Å²) in [6, 6.07) is 11.4. The second-order valence-corrected chi connectivity index (χ2v) is 10.9. The minimum atomic E-state index is -3.82. The molecule has 6 nitrogen and oxygen atoms in total. The third-order valence-corrected chi connectivity index (χ3v) is 7.20. The average molecular weight is 435 g/mol. The van der Waals surface area contributed by atoms with Crippen molar-refractivity contribution in [1.29, 1.82) is 0 Å². The van der Waals surface area contributed by atoms with Gasteiger partial charge in [0.15, 0.2) is 0 Å². The first kappa shape index (κ1) is 21.5. The molecule has 1 saturated heterocycles. The summed E-state index contributed by atoms with van der Waals surface area (Å²) in [5.41, 5.74) is 1.91. The lowest BCUT2D eigenvalue weighted by molar-refractivity contribution is 0.0697. The second-order valence-electron chi connectivity index (χ2n) is 8.02. The van der Waals surface area contributed by atoms with Gasteiger partial charge in [-0.05, 0) is 41.3 Å². The molecule has 0 bridgehead atoms. The number of sulfonamides is 1. The van der Waals surface area contributed by atoms with E-state index in [2.05, 4.69) is 25.5 Å². The lowest BCUT2D eigenvalue weighted by Crippen LogP contribution is -2.33. The Labute approximate surface area is 176 Å². The smallest absolute Gasteiger partial charge is 0.337 e. The number of thioether (sulfide) groups is 1. The second kappa shape index (κ2) is 8.28. The van der Waals surface area contributed by atoms with Gasteiger partial charge in [0.2, 0.25) is 0 Å². The summed E-state index contributed by atoms with van der Waals surface area (Å²) in [5, 5.41) is 9.63. The molecule has 1 fully saturated rings. The van der Waals surface area contributed by atoms with E-state index in [4.69, 9.17) is 0 Å². The zero-order chi connectivity index (χ0) is 21.2. The summed E-state index contributed by atoms with van der Waals surface area (Å²) >= 11 is 1.84. The van der Waals surface area contributed by atoms with Crippen molar-refractivity contribution in [2.75, 3.05) is 34.2 Å². The highest BCUT2D eigenvalue weighted by Gasteiger charge is 2.21. The van der Waals surface area contributed by atoms with Crippen LogP contribution < -0.4 is 9.62 Å². The zero-order valence-corrected chi connectivity index (χ0v) is 18.4. The number of nitrogens with zero attached hydrogens (tertiary/aromatic N) is 1. The van der Waals surface area contributed by atoms with E-state index in [1.807, 2.05) is 16.7 Å². The van der Waals surface area contributed by atoms with E-state index in [-0.39, 0.29) is 21.6 Å². The van der Waals surface area contributed by atoms with Crippen LogP contribution in [0.25, 0.3) is 0 Å². The molecule has 0 spiro atoms. The predicted octanol–water partition coefficient (Wildman–Crippen LogP) is 4.04. The van der Waals surface area contributed by atoms with Crippen molar-refractivity contribution in [2.45, 2.75) is 31.1 Å². The number of hydrogen-bond donors (Lipinski definition) is 2. The largest absolute Gasteiger partial charge is 0.478 e. The Bertz CT molecular complexity index is 990. The summed E-state index contributed by atoms with van der Waals surface area (Å²) in [5.74, 6) is 0.810. The number of benzene rings is 2. The molecule has 0 aliphatic carbocycles. The fourth-order valence-electron chi connectivity index (χ4n) is 3.20. The van der Waals surface area contributed by atoms with Gasteiger partial charge in [-0.2, -0.15) is 11.8 Å². The molecule has 29 heavy (non-hydrogen) atoms. The molecule has 1 aliphatic rings. The number of carboxylic acids is 1. The van der Waals surface area contributed by atoms with Crippen LogP contribution in [0.15, 0.2) is 47.4 Å². The molecule has 0 aromatic heterocycles. The summed E-state index contributed by atoms with van der Waals surface area (Å²) in [4.78, 5) is 13.9. The quantitative estimate of drug-likeness (QED) is 0.739. The van der Waals surface area contributed by atoms with Gasteiger partial charge in [0.25, 0.3) is 10.0 Å². The normalized spacial score (nSPS) is 15.2. The first-order valence-corrected chi connectivity index (χ1v) is 12.0. The van der Waals surface area contributed by atoms with E-state index >= 15 is 0 Å². The van der Waals surface area contributed by atoms with Gasteiger partial charge in [0, 0.05) is 30.3 Å². The van der Waals surface area contributed by atoms with Gasteiger partial charge in [0.1, 0.15) is 0 Å². The summed E-state index contributed by atoms with van der Waals surface area (Å²) in [7, 11) is -3.82. The number of anilines is 2. The Morgan fingerprint density at radius 3 is 2.24 bits per heavy atom. The first-order valence-electron chi connectivity index (χ1n) is 9.41. The first-order chi connectivity index (χ1) is 13.6. The predicted molar refractivity (Wildman–Crippen MR) is 119 cm³/mol. The molecule has 0 saturated carbocycles. The van der Waals surface area contributed by atoms with Crippen LogP contribution in [-0.4, -0.2) is 44.1 Å². The Kier molecular flexibility index (Phi) is 6.14. The van der Waals surface area contributed by atoms with Crippen molar-refractivity contribution >= 4 is 39.1 Å². The van der Waals surface area contributed by atoms with Gasteiger partial charge in [-0.15, -0.1) is 0 Å². The van der Waals surface area contributed by atoms with Gasteiger partial charge in [-0.3, -0.25) is 4.72 Å². The van der Waals surface area contributed by atoms with Crippen LogP contribution >= 0.6 is 11.8 Å². The molecule has 1 aliphatic heterocycles. The summed E-state index contributed by atoms with van der Waals surface area (Å²) in [6.07, 6.45) is 0. The molecular weight excluding hydrogens is 408 g/mol. The maximum atomic E-state index is 12.8. The fourth-order valence-corrected chi connectivity index (χ4v) is 5.15. The number of nitrogens with one attached hydrogen (secondary N) is 1. The van der Waals surface area contributed by atoms with Crippen molar-refractivity contribution in [3.8, 4) is 0 Å². The van der Waals surface area contributed by atoms with E-state index < -0.39 is 16.0 Å². The van der Waals surface area contributed by atoms with Gasteiger partial charge < -0.3 is 10.0 Å². The van der Waals surface area contributed by atoms with Crippen LogP contribution in [0.1, 0.15) is 36.7 Å². The van der Waals surface area contributed by atoms with Crippen molar-refractivity contribution < 1.29 is 18.3 Å². The number of carboxylic acid groups (broad SMARTS) is 1. The van der Waals surface area contributed by atoms with Gasteiger partial charge in [-0.25, -0.2) is 13.2 Å². The van der Waals surface area contributed by atoms with Crippen molar-refractivity contribution in [3.05, 3.63) is 53.6 Å².